The van der Waals surface area contributed by atoms with Gasteiger partial charge in [0.05, 0.1) is 18.0 Å². The van der Waals surface area contributed by atoms with E-state index in [1.165, 1.54) is 5.56 Å². The zero-order valence-corrected chi connectivity index (χ0v) is 12.0. The average Bonchev–Trinajstić information content (AvgIpc) is 2.79. The molecule has 0 amide bonds. The largest absolute Gasteiger partial charge is 0.494 e. The van der Waals surface area contributed by atoms with Crippen molar-refractivity contribution in [2.45, 2.75) is 33.2 Å². The van der Waals surface area contributed by atoms with Gasteiger partial charge < -0.3 is 9.84 Å². The van der Waals surface area contributed by atoms with E-state index in [0.717, 1.165) is 30.1 Å². The Labute approximate surface area is 119 Å². The van der Waals surface area contributed by atoms with Crippen molar-refractivity contribution in [1.29, 1.82) is 0 Å². The van der Waals surface area contributed by atoms with Crippen LogP contribution in [0.15, 0.2) is 24.3 Å². The van der Waals surface area contributed by atoms with Crippen LogP contribution in [-0.2, 0) is 13.0 Å². The molecule has 0 aliphatic rings. The Morgan fingerprint density at radius 2 is 1.95 bits per heavy atom. The highest BCUT2D eigenvalue weighted by atomic mass is 16.5. The number of rotatable bonds is 7. The summed E-state index contributed by atoms with van der Waals surface area (Å²) in [6, 6.07) is 8.04. The molecule has 0 saturated heterocycles. The highest BCUT2D eigenvalue weighted by molar-refractivity contribution is 5.26. The third kappa shape index (κ3) is 3.81. The third-order valence-corrected chi connectivity index (χ3v) is 3.23. The Hall–Kier alpha value is -1.88. The number of nitrogens with zero attached hydrogens (tertiary/aromatic N) is 3. The van der Waals surface area contributed by atoms with Crippen LogP contribution < -0.4 is 4.74 Å². The molecule has 0 atom stereocenters. The number of aryl methyl sites for hydroxylation is 2. The maximum Gasteiger partial charge on any atom is 0.119 e. The SMILES string of the molecule is Cc1ccc(OCCCn2nnc(CCO)c2C)cc1. The fraction of sp³-hybridized carbons (Fsp3) is 0.467. The molecular formula is C15H21N3O2. The Bertz CT molecular complexity index is 535. The molecule has 5 heteroatoms. The van der Waals surface area contributed by atoms with Crippen LogP contribution in [0.1, 0.15) is 23.4 Å². The highest BCUT2D eigenvalue weighted by Crippen LogP contribution is 2.12. The minimum atomic E-state index is 0.107. The van der Waals surface area contributed by atoms with Gasteiger partial charge in [0.25, 0.3) is 0 Å². The average molecular weight is 275 g/mol. The number of hydrogen-bond donors (Lipinski definition) is 1. The lowest BCUT2D eigenvalue weighted by atomic mass is 10.2. The molecule has 0 aliphatic heterocycles. The maximum atomic E-state index is 8.92. The Kier molecular flexibility index (Phi) is 5.12. The zero-order chi connectivity index (χ0) is 14.4. The van der Waals surface area contributed by atoms with Gasteiger partial charge in [-0.25, -0.2) is 4.68 Å². The Balaban J connectivity index is 1.77. The molecule has 1 N–H and O–H groups in total. The van der Waals surface area contributed by atoms with E-state index in [4.69, 9.17) is 9.84 Å². The second kappa shape index (κ2) is 7.05. The second-order valence-electron chi connectivity index (χ2n) is 4.83. The minimum absolute atomic E-state index is 0.107. The first-order valence-corrected chi connectivity index (χ1v) is 6.90. The van der Waals surface area contributed by atoms with Gasteiger partial charge in [0, 0.05) is 26.0 Å². The molecule has 1 aromatic carbocycles. The van der Waals surface area contributed by atoms with Crippen LogP contribution in [0.25, 0.3) is 0 Å². The number of ether oxygens (including phenoxy) is 1. The lowest BCUT2D eigenvalue weighted by Gasteiger charge is -2.07. The zero-order valence-electron chi connectivity index (χ0n) is 12.0. The summed E-state index contributed by atoms with van der Waals surface area (Å²) in [5.41, 5.74) is 3.12. The molecule has 5 nitrogen and oxygen atoms in total. The van der Waals surface area contributed by atoms with E-state index in [9.17, 15) is 0 Å². The van der Waals surface area contributed by atoms with Crippen LogP contribution in [0.2, 0.25) is 0 Å². The minimum Gasteiger partial charge on any atom is -0.494 e. The molecule has 0 saturated carbocycles. The van der Waals surface area contributed by atoms with E-state index in [1.54, 1.807) is 0 Å². The van der Waals surface area contributed by atoms with Gasteiger partial charge in [0.15, 0.2) is 0 Å². The van der Waals surface area contributed by atoms with Crippen molar-refractivity contribution in [2.75, 3.05) is 13.2 Å². The molecule has 0 radical (unpaired) electrons. The molecule has 2 aromatic rings. The standard InChI is InChI=1S/C15H21N3O2/c1-12-4-6-14(7-5-12)20-11-3-9-18-13(2)15(8-10-19)16-17-18/h4-7,19H,3,8-11H2,1-2H3. The van der Waals surface area contributed by atoms with Gasteiger partial charge in [0.1, 0.15) is 5.75 Å². The van der Waals surface area contributed by atoms with Crippen molar-refractivity contribution in [1.82, 2.24) is 15.0 Å². The van der Waals surface area contributed by atoms with E-state index in [0.29, 0.717) is 13.0 Å². The summed E-state index contributed by atoms with van der Waals surface area (Å²) in [4.78, 5) is 0. The van der Waals surface area contributed by atoms with Gasteiger partial charge in [0.2, 0.25) is 0 Å². The van der Waals surface area contributed by atoms with Crippen LogP contribution in [0.4, 0.5) is 0 Å². The predicted molar refractivity (Wildman–Crippen MR) is 76.8 cm³/mol. The molecule has 0 unspecified atom stereocenters. The molecule has 0 bridgehead atoms. The maximum absolute atomic E-state index is 8.92. The molecule has 0 fully saturated rings. The number of aliphatic hydroxyl groups is 1. The van der Waals surface area contributed by atoms with Crippen molar-refractivity contribution >= 4 is 0 Å². The topological polar surface area (TPSA) is 60.2 Å². The second-order valence-corrected chi connectivity index (χ2v) is 4.83. The predicted octanol–water partition coefficient (Wildman–Crippen LogP) is 1.90. The normalized spacial score (nSPS) is 10.8. The molecule has 0 aliphatic carbocycles. The van der Waals surface area contributed by atoms with Crippen molar-refractivity contribution in [3.8, 4) is 5.75 Å². The summed E-state index contributed by atoms with van der Waals surface area (Å²) in [6.45, 7) is 5.57. The fourth-order valence-corrected chi connectivity index (χ4v) is 1.98. The van der Waals surface area contributed by atoms with E-state index in [2.05, 4.69) is 17.2 Å². The number of aliphatic hydroxyl groups excluding tert-OH is 1. The van der Waals surface area contributed by atoms with Crippen LogP contribution in [0.5, 0.6) is 5.75 Å². The number of aromatic nitrogens is 3. The molecule has 108 valence electrons. The summed E-state index contributed by atoms with van der Waals surface area (Å²) in [5.74, 6) is 0.895. The first kappa shape index (κ1) is 14.5. The van der Waals surface area contributed by atoms with Gasteiger partial charge >= 0.3 is 0 Å². The smallest absolute Gasteiger partial charge is 0.119 e. The van der Waals surface area contributed by atoms with E-state index >= 15 is 0 Å². The lowest BCUT2D eigenvalue weighted by Crippen LogP contribution is -2.07. The first-order valence-electron chi connectivity index (χ1n) is 6.90. The van der Waals surface area contributed by atoms with Crippen molar-refractivity contribution in [3.05, 3.63) is 41.2 Å². The third-order valence-electron chi connectivity index (χ3n) is 3.23. The summed E-state index contributed by atoms with van der Waals surface area (Å²) >= 11 is 0. The van der Waals surface area contributed by atoms with Gasteiger partial charge in [-0.2, -0.15) is 0 Å². The van der Waals surface area contributed by atoms with Crippen molar-refractivity contribution < 1.29 is 9.84 Å². The fourth-order valence-electron chi connectivity index (χ4n) is 1.98. The molecule has 1 aromatic heterocycles. The Morgan fingerprint density at radius 1 is 1.20 bits per heavy atom. The highest BCUT2D eigenvalue weighted by Gasteiger charge is 2.07. The van der Waals surface area contributed by atoms with Crippen molar-refractivity contribution in [3.63, 3.8) is 0 Å². The number of benzene rings is 1. The van der Waals surface area contributed by atoms with Gasteiger partial charge in [-0.05, 0) is 26.0 Å². The molecule has 2 rings (SSSR count). The first-order chi connectivity index (χ1) is 9.70. The van der Waals surface area contributed by atoms with Crippen LogP contribution in [0.3, 0.4) is 0 Å². The Morgan fingerprint density at radius 3 is 2.65 bits per heavy atom. The summed E-state index contributed by atoms with van der Waals surface area (Å²) in [7, 11) is 0. The van der Waals surface area contributed by atoms with Gasteiger partial charge in [-0.15, -0.1) is 5.10 Å². The van der Waals surface area contributed by atoms with Crippen LogP contribution in [-0.4, -0.2) is 33.3 Å². The summed E-state index contributed by atoms with van der Waals surface area (Å²) < 4.78 is 7.54. The quantitative estimate of drug-likeness (QED) is 0.784. The van der Waals surface area contributed by atoms with Crippen LogP contribution >= 0.6 is 0 Å². The van der Waals surface area contributed by atoms with Crippen molar-refractivity contribution in [2.24, 2.45) is 0 Å². The number of hydrogen-bond acceptors (Lipinski definition) is 4. The molecule has 20 heavy (non-hydrogen) atoms. The van der Waals surface area contributed by atoms with Crippen LogP contribution in [0, 0.1) is 13.8 Å². The summed E-state index contributed by atoms with van der Waals surface area (Å²) in [5, 5.41) is 17.1. The monoisotopic (exact) mass is 275 g/mol. The molecule has 1 heterocycles. The molecule has 0 spiro atoms. The summed E-state index contributed by atoms with van der Waals surface area (Å²) in [6.07, 6.45) is 1.43. The van der Waals surface area contributed by atoms with Gasteiger partial charge in [-0.3, -0.25) is 0 Å². The molecular weight excluding hydrogens is 254 g/mol. The van der Waals surface area contributed by atoms with Gasteiger partial charge in [-0.1, -0.05) is 22.9 Å². The van der Waals surface area contributed by atoms with E-state index in [-0.39, 0.29) is 6.61 Å². The lowest BCUT2D eigenvalue weighted by molar-refractivity contribution is 0.296. The van der Waals surface area contributed by atoms with E-state index < -0.39 is 0 Å². The van der Waals surface area contributed by atoms with E-state index in [1.807, 2.05) is 35.9 Å².